The highest BCUT2D eigenvalue weighted by Crippen LogP contribution is 2.31. The summed E-state index contributed by atoms with van der Waals surface area (Å²) in [6.07, 6.45) is 6.11. The van der Waals surface area contributed by atoms with Crippen LogP contribution in [0.2, 0.25) is 0 Å². The van der Waals surface area contributed by atoms with Gasteiger partial charge in [0.1, 0.15) is 0 Å². The van der Waals surface area contributed by atoms with E-state index in [1.165, 1.54) is 38.8 Å². The molecule has 4 rings (SSSR count). The van der Waals surface area contributed by atoms with Crippen molar-refractivity contribution in [1.82, 2.24) is 4.90 Å². The number of esters is 1. The molecular formula is C24H28N2O3. The van der Waals surface area contributed by atoms with Crippen LogP contribution in [0, 0.1) is 5.92 Å². The van der Waals surface area contributed by atoms with Gasteiger partial charge in [-0.3, -0.25) is 9.69 Å². The van der Waals surface area contributed by atoms with E-state index in [9.17, 15) is 9.59 Å². The van der Waals surface area contributed by atoms with Crippen LogP contribution in [0.5, 0.6) is 0 Å². The molecular weight excluding hydrogens is 364 g/mol. The second kappa shape index (κ2) is 9.23. The fourth-order valence-corrected chi connectivity index (χ4v) is 4.52. The van der Waals surface area contributed by atoms with Crippen molar-refractivity contribution in [2.45, 2.75) is 38.1 Å². The number of hydrogen-bond acceptors (Lipinski definition) is 4. The summed E-state index contributed by atoms with van der Waals surface area (Å²) < 4.78 is 5.65. The van der Waals surface area contributed by atoms with E-state index in [0.29, 0.717) is 35.4 Å². The zero-order chi connectivity index (χ0) is 20.1. The maximum absolute atomic E-state index is 12.5. The van der Waals surface area contributed by atoms with E-state index in [1.54, 1.807) is 36.4 Å². The van der Waals surface area contributed by atoms with E-state index in [1.807, 2.05) is 18.2 Å². The van der Waals surface area contributed by atoms with Crippen LogP contribution in [-0.2, 0) is 4.74 Å². The van der Waals surface area contributed by atoms with Crippen LogP contribution >= 0.6 is 0 Å². The van der Waals surface area contributed by atoms with Crippen molar-refractivity contribution in [2.75, 3.05) is 25.0 Å². The molecule has 5 heteroatoms. The summed E-state index contributed by atoms with van der Waals surface area (Å²) in [6, 6.07) is 16.5. The third-order valence-corrected chi connectivity index (χ3v) is 6.07. The highest BCUT2D eigenvalue weighted by molar-refractivity contribution is 6.04. The number of amides is 1. The Morgan fingerprint density at radius 1 is 0.897 bits per heavy atom. The Morgan fingerprint density at radius 2 is 1.66 bits per heavy atom. The molecule has 152 valence electrons. The standard InChI is InChI=1S/C24H28N2O3/c27-23(18-7-2-1-3-8-18)25-21-13-11-19(12-14-21)24(28)29-17-20-9-6-16-26-15-5-4-10-22(20)26/h1-3,7-8,11-14,20,22H,4-6,9-10,15-17H2,(H,25,27)/t20-,22-/m0/s1. The first-order chi connectivity index (χ1) is 14.2. The Morgan fingerprint density at radius 3 is 2.45 bits per heavy atom. The molecule has 0 unspecified atom stereocenters. The number of fused-ring (bicyclic) bond motifs is 1. The van der Waals surface area contributed by atoms with Crippen LogP contribution in [-0.4, -0.2) is 42.5 Å². The Balaban J connectivity index is 1.30. The van der Waals surface area contributed by atoms with E-state index >= 15 is 0 Å². The van der Waals surface area contributed by atoms with Crippen molar-refractivity contribution in [1.29, 1.82) is 0 Å². The van der Waals surface area contributed by atoms with Gasteiger partial charge in [0.05, 0.1) is 12.2 Å². The second-order valence-corrected chi connectivity index (χ2v) is 8.00. The number of carbonyl (C=O) groups is 2. The fourth-order valence-electron chi connectivity index (χ4n) is 4.52. The molecule has 0 spiro atoms. The lowest BCUT2D eigenvalue weighted by atomic mass is 9.84. The molecule has 2 atom stereocenters. The van der Waals surface area contributed by atoms with E-state index in [2.05, 4.69) is 10.2 Å². The molecule has 1 N–H and O–H groups in total. The third-order valence-electron chi connectivity index (χ3n) is 6.07. The van der Waals surface area contributed by atoms with Crippen molar-refractivity contribution in [2.24, 2.45) is 5.92 Å². The number of nitrogens with zero attached hydrogens (tertiary/aromatic N) is 1. The summed E-state index contributed by atoms with van der Waals surface area (Å²) in [5.41, 5.74) is 1.76. The Bertz CT molecular complexity index is 833. The summed E-state index contributed by atoms with van der Waals surface area (Å²) in [7, 11) is 0. The Hall–Kier alpha value is -2.66. The summed E-state index contributed by atoms with van der Waals surface area (Å²) in [5, 5.41) is 2.84. The van der Waals surface area contributed by atoms with Crippen LogP contribution in [0.25, 0.3) is 0 Å². The van der Waals surface area contributed by atoms with Gasteiger partial charge in [0.2, 0.25) is 0 Å². The van der Waals surface area contributed by atoms with Gasteiger partial charge in [-0.2, -0.15) is 0 Å². The van der Waals surface area contributed by atoms with Gasteiger partial charge in [-0.1, -0.05) is 24.6 Å². The Kier molecular flexibility index (Phi) is 6.25. The number of piperidine rings is 2. The molecule has 2 saturated heterocycles. The van der Waals surface area contributed by atoms with Crippen LogP contribution in [0.15, 0.2) is 54.6 Å². The van der Waals surface area contributed by atoms with E-state index < -0.39 is 0 Å². The normalized spacial score (nSPS) is 21.8. The molecule has 29 heavy (non-hydrogen) atoms. The number of anilines is 1. The first kappa shape index (κ1) is 19.6. The lowest BCUT2D eigenvalue weighted by Gasteiger charge is -2.44. The van der Waals surface area contributed by atoms with Gasteiger partial charge >= 0.3 is 5.97 Å². The first-order valence-corrected chi connectivity index (χ1v) is 10.6. The molecule has 2 heterocycles. The van der Waals surface area contributed by atoms with E-state index in [-0.39, 0.29) is 11.9 Å². The van der Waals surface area contributed by atoms with E-state index in [4.69, 9.17) is 4.74 Å². The van der Waals surface area contributed by atoms with Crippen molar-refractivity contribution < 1.29 is 14.3 Å². The molecule has 0 aliphatic carbocycles. The molecule has 0 bridgehead atoms. The fraction of sp³-hybridized carbons (Fsp3) is 0.417. The summed E-state index contributed by atoms with van der Waals surface area (Å²) in [6.45, 7) is 2.86. The van der Waals surface area contributed by atoms with Crippen molar-refractivity contribution in [3.8, 4) is 0 Å². The van der Waals surface area contributed by atoms with Gasteiger partial charge < -0.3 is 10.1 Å². The largest absolute Gasteiger partial charge is 0.462 e. The summed E-state index contributed by atoms with van der Waals surface area (Å²) >= 11 is 0. The zero-order valence-electron chi connectivity index (χ0n) is 16.7. The minimum absolute atomic E-state index is 0.171. The van der Waals surface area contributed by atoms with Gasteiger partial charge in [-0.15, -0.1) is 0 Å². The lowest BCUT2D eigenvalue weighted by Crippen LogP contribution is -2.49. The van der Waals surface area contributed by atoms with Crippen molar-refractivity contribution in [3.05, 3.63) is 65.7 Å². The number of ether oxygens (including phenoxy) is 1. The monoisotopic (exact) mass is 392 g/mol. The van der Waals surface area contributed by atoms with Gasteiger partial charge in [0.25, 0.3) is 5.91 Å². The molecule has 1 amide bonds. The SMILES string of the molecule is O=C(Nc1ccc(C(=O)OC[C@@H]2CCCN3CCCC[C@@H]23)cc1)c1ccccc1. The number of nitrogens with one attached hydrogen (secondary N) is 1. The van der Waals surface area contributed by atoms with Gasteiger partial charge in [-0.25, -0.2) is 4.79 Å². The zero-order valence-corrected chi connectivity index (χ0v) is 16.7. The number of hydrogen-bond donors (Lipinski definition) is 1. The van der Waals surface area contributed by atoms with Crippen LogP contribution in [0.1, 0.15) is 52.8 Å². The maximum atomic E-state index is 12.5. The summed E-state index contributed by atoms with van der Waals surface area (Å²) in [5.74, 6) is -0.0217. The number of benzene rings is 2. The average molecular weight is 392 g/mol. The molecule has 5 nitrogen and oxygen atoms in total. The van der Waals surface area contributed by atoms with Crippen molar-refractivity contribution >= 4 is 17.6 Å². The van der Waals surface area contributed by atoms with Crippen LogP contribution < -0.4 is 5.32 Å². The van der Waals surface area contributed by atoms with Crippen molar-refractivity contribution in [3.63, 3.8) is 0 Å². The predicted molar refractivity (Wildman–Crippen MR) is 113 cm³/mol. The van der Waals surface area contributed by atoms with E-state index in [0.717, 1.165) is 6.42 Å². The molecule has 2 fully saturated rings. The average Bonchev–Trinajstić information content (AvgIpc) is 2.78. The van der Waals surface area contributed by atoms with Crippen LogP contribution in [0.4, 0.5) is 5.69 Å². The minimum Gasteiger partial charge on any atom is -0.462 e. The first-order valence-electron chi connectivity index (χ1n) is 10.6. The smallest absolute Gasteiger partial charge is 0.338 e. The highest BCUT2D eigenvalue weighted by atomic mass is 16.5. The van der Waals surface area contributed by atoms with Crippen LogP contribution in [0.3, 0.4) is 0 Å². The molecule has 2 aromatic carbocycles. The molecule has 2 aliphatic heterocycles. The predicted octanol–water partition coefficient (Wildman–Crippen LogP) is 4.36. The lowest BCUT2D eigenvalue weighted by molar-refractivity contribution is 0.00739. The topological polar surface area (TPSA) is 58.6 Å². The maximum Gasteiger partial charge on any atom is 0.338 e. The van der Waals surface area contributed by atoms with Gasteiger partial charge in [0, 0.05) is 23.2 Å². The second-order valence-electron chi connectivity index (χ2n) is 8.00. The molecule has 0 saturated carbocycles. The third kappa shape index (κ3) is 4.85. The molecule has 2 aromatic rings. The number of rotatable bonds is 5. The minimum atomic E-state index is -0.293. The molecule has 0 aromatic heterocycles. The highest BCUT2D eigenvalue weighted by Gasteiger charge is 2.33. The number of carbonyl (C=O) groups excluding carboxylic acids is 2. The molecule has 0 radical (unpaired) electrons. The van der Waals surface area contributed by atoms with Gasteiger partial charge in [-0.05, 0) is 75.2 Å². The quantitative estimate of drug-likeness (QED) is 0.768. The molecule has 2 aliphatic rings. The Labute approximate surface area is 172 Å². The van der Waals surface area contributed by atoms with Gasteiger partial charge in [0.15, 0.2) is 0 Å². The summed E-state index contributed by atoms with van der Waals surface area (Å²) in [4.78, 5) is 27.3.